The highest BCUT2D eigenvalue weighted by Gasteiger charge is 1.97. The molecule has 0 fully saturated rings. The maximum atomic E-state index is 4.45. The number of thiophene rings is 1. The second kappa shape index (κ2) is 5.23. The standard InChI is InChI=1S/C13H16N2S/c1-10-4-3-5-12(15-10)8-14-9-13-7-6-11(2)16-13/h3-7,14H,8-9H2,1-2H3. The first-order chi connectivity index (χ1) is 7.74. The Labute approximate surface area is 100 Å². The van der Waals surface area contributed by atoms with Gasteiger partial charge in [0, 0.05) is 28.5 Å². The van der Waals surface area contributed by atoms with Gasteiger partial charge in [-0.15, -0.1) is 11.3 Å². The smallest absolute Gasteiger partial charge is 0.0544 e. The lowest BCUT2D eigenvalue weighted by molar-refractivity contribution is 0.685. The molecule has 0 bridgehead atoms. The van der Waals surface area contributed by atoms with Gasteiger partial charge in [0.05, 0.1) is 5.69 Å². The van der Waals surface area contributed by atoms with Crippen LogP contribution in [0.2, 0.25) is 0 Å². The largest absolute Gasteiger partial charge is 0.306 e. The Morgan fingerprint density at radius 1 is 1.12 bits per heavy atom. The SMILES string of the molecule is Cc1cccc(CNCc2ccc(C)s2)n1. The van der Waals surface area contributed by atoms with E-state index < -0.39 is 0 Å². The minimum atomic E-state index is 0.832. The molecule has 0 radical (unpaired) electrons. The molecule has 0 unspecified atom stereocenters. The third-order valence-corrected chi connectivity index (χ3v) is 3.35. The van der Waals surface area contributed by atoms with Crippen LogP contribution in [0.4, 0.5) is 0 Å². The highest BCUT2D eigenvalue weighted by Crippen LogP contribution is 2.14. The molecule has 0 amide bonds. The predicted molar refractivity (Wildman–Crippen MR) is 68.6 cm³/mol. The Balaban J connectivity index is 1.84. The summed E-state index contributed by atoms with van der Waals surface area (Å²) in [7, 11) is 0. The first kappa shape index (κ1) is 11.3. The Bertz CT molecular complexity index is 462. The van der Waals surface area contributed by atoms with E-state index in [1.54, 1.807) is 0 Å². The zero-order chi connectivity index (χ0) is 11.4. The normalized spacial score (nSPS) is 10.6. The molecule has 2 heterocycles. The Morgan fingerprint density at radius 2 is 2.00 bits per heavy atom. The zero-order valence-corrected chi connectivity index (χ0v) is 10.5. The Hall–Kier alpha value is -1.19. The number of pyridine rings is 1. The van der Waals surface area contributed by atoms with Gasteiger partial charge in [0.1, 0.15) is 0 Å². The molecule has 0 spiro atoms. The maximum Gasteiger partial charge on any atom is 0.0544 e. The number of nitrogens with one attached hydrogen (secondary N) is 1. The third-order valence-electron chi connectivity index (χ3n) is 2.35. The number of hydrogen-bond acceptors (Lipinski definition) is 3. The zero-order valence-electron chi connectivity index (χ0n) is 9.66. The number of hydrogen-bond donors (Lipinski definition) is 1. The van der Waals surface area contributed by atoms with E-state index in [9.17, 15) is 0 Å². The van der Waals surface area contributed by atoms with Crippen LogP contribution in [-0.4, -0.2) is 4.98 Å². The summed E-state index contributed by atoms with van der Waals surface area (Å²) in [5.41, 5.74) is 2.18. The Morgan fingerprint density at radius 3 is 2.69 bits per heavy atom. The quantitative estimate of drug-likeness (QED) is 0.876. The average molecular weight is 232 g/mol. The van der Waals surface area contributed by atoms with Crippen molar-refractivity contribution in [3.05, 3.63) is 51.5 Å². The number of nitrogens with zero attached hydrogens (tertiary/aromatic N) is 1. The van der Waals surface area contributed by atoms with Gasteiger partial charge in [-0.2, -0.15) is 0 Å². The molecule has 2 rings (SSSR count). The van der Waals surface area contributed by atoms with E-state index in [1.807, 2.05) is 24.3 Å². The van der Waals surface area contributed by atoms with Crippen molar-refractivity contribution < 1.29 is 0 Å². The minimum absolute atomic E-state index is 0.832. The van der Waals surface area contributed by atoms with Crippen LogP contribution in [0.5, 0.6) is 0 Å². The number of aryl methyl sites for hydroxylation is 2. The molecule has 84 valence electrons. The van der Waals surface area contributed by atoms with Gasteiger partial charge in [0.25, 0.3) is 0 Å². The molecule has 3 heteroatoms. The topological polar surface area (TPSA) is 24.9 Å². The summed E-state index contributed by atoms with van der Waals surface area (Å²) in [6.45, 7) is 5.91. The minimum Gasteiger partial charge on any atom is -0.306 e. The summed E-state index contributed by atoms with van der Waals surface area (Å²) in [5.74, 6) is 0. The van der Waals surface area contributed by atoms with E-state index in [1.165, 1.54) is 9.75 Å². The number of aromatic nitrogens is 1. The molecule has 0 aliphatic carbocycles. The van der Waals surface area contributed by atoms with Crippen molar-refractivity contribution in [1.82, 2.24) is 10.3 Å². The summed E-state index contributed by atoms with van der Waals surface area (Å²) in [4.78, 5) is 7.20. The van der Waals surface area contributed by atoms with Crippen molar-refractivity contribution in [2.24, 2.45) is 0 Å². The van der Waals surface area contributed by atoms with Crippen LogP contribution < -0.4 is 5.32 Å². The van der Waals surface area contributed by atoms with Gasteiger partial charge in [0.15, 0.2) is 0 Å². The molecule has 2 aromatic rings. The van der Waals surface area contributed by atoms with Crippen LogP contribution in [0.15, 0.2) is 30.3 Å². The molecule has 1 N–H and O–H groups in total. The van der Waals surface area contributed by atoms with Crippen molar-refractivity contribution in [2.45, 2.75) is 26.9 Å². The lowest BCUT2D eigenvalue weighted by Gasteiger charge is -2.03. The molecule has 2 aromatic heterocycles. The average Bonchev–Trinajstić information content (AvgIpc) is 2.64. The maximum absolute atomic E-state index is 4.45. The van der Waals surface area contributed by atoms with Crippen LogP contribution in [-0.2, 0) is 13.1 Å². The van der Waals surface area contributed by atoms with E-state index in [0.717, 1.165) is 24.5 Å². The summed E-state index contributed by atoms with van der Waals surface area (Å²) in [6, 6.07) is 10.5. The summed E-state index contributed by atoms with van der Waals surface area (Å²) >= 11 is 1.84. The van der Waals surface area contributed by atoms with Crippen molar-refractivity contribution in [2.75, 3.05) is 0 Å². The molecule has 0 aliphatic heterocycles. The van der Waals surface area contributed by atoms with Crippen molar-refractivity contribution in [1.29, 1.82) is 0 Å². The van der Waals surface area contributed by atoms with Gasteiger partial charge in [-0.05, 0) is 38.1 Å². The fourth-order valence-corrected chi connectivity index (χ4v) is 2.45. The van der Waals surface area contributed by atoms with Crippen LogP contribution in [0, 0.1) is 13.8 Å². The second-order valence-electron chi connectivity index (χ2n) is 3.89. The van der Waals surface area contributed by atoms with Crippen LogP contribution >= 0.6 is 11.3 Å². The van der Waals surface area contributed by atoms with E-state index in [4.69, 9.17) is 0 Å². The first-order valence-corrected chi connectivity index (χ1v) is 6.24. The fourth-order valence-electron chi connectivity index (χ4n) is 1.59. The van der Waals surface area contributed by atoms with E-state index in [-0.39, 0.29) is 0 Å². The molecule has 0 saturated carbocycles. The van der Waals surface area contributed by atoms with E-state index >= 15 is 0 Å². The van der Waals surface area contributed by atoms with E-state index in [0.29, 0.717) is 0 Å². The molecule has 0 saturated heterocycles. The van der Waals surface area contributed by atoms with Crippen LogP contribution in [0.1, 0.15) is 21.1 Å². The molecule has 16 heavy (non-hydrogen) atoms. The summed E-state index contributed by atoms with van der Waals surface area (Å²) < 4.78 is 0. The van der Waals surface area contributed by atoms with Gasteiger partial charge in [-0.25, -0.2) is 0 Å². The predicted octanol–water partition coefficient (Wildman–Crippen LogP) is 3.05. The van der Waals surface area contributed by atoms with Crippen molar-refractivity contribution in [3.63, 3.8) is 0 Å². The summed E-state index contributed by atoms with van der Waals surface area (Å²) in [6.07, 6.45) is 0. The highest BCUT2D eigenvalue weighted by atomic mass is 32.1. The molecule has 0 aromatic carbocycles. The van der Waals surface area contributed by atoms with Gasteiger partial charge >= 0.3 is 0 Å². The van der Waals surface area contributed by atoms with E-state index in [2.05, 4.69) is 41.5 Å². The monoisotopic (exact) mass is 232 g/mol. The van der Waals surface area contributed by atoms with Gasteiger partial charge in [0.2, 0.25) is 0 Å². The fraction of sp³-hybridized carbons (Fsp3) is 0.308. The van der Waals surface area contributed by atoms with Gasteiger partial charge < -0.3 is 5.32 Å². The van der Waals surface area contributed by atoms with Crippen molar-refractivity contribution >= 4 is 11.3 Å². The number of rotatable bonds is 4. The van der Waals surface area contributed by atoms with Gasteiger partial charge in [-0.1, -0.05) is 6.07 Å². The van der Waals surface area contributed by atoms with Crippen LogP contribution in [0.3, 0.4) is 0 Å². The second-order valence-corrected chi connectivity index (χ2v) is 5.26. The van der Waals surface area contributed by atoms with Crippen molar-refractivity contribution in [3.8, 4) is 0 Å². The van der Waals surface area contributed by atoms with Crippen LogP contribution in [0.25, 0.3) is 0 Å². The summed E-state index contributed by atoms with van der Waals surface area (Å²) in [5, 5.41) is 3.41. The van der Waals surface area contributed by atoms with Gasteiger partial charge in [-0.3, -0.25) is 4.98 Å². The molecule has 2 nitrogen and oxygen atoms in total. The molecular formula is C13H16N2S. The molecular weight excluding hydrogens is 216 g/mol. The lowest BCUT2D eigenvalue weighted by atomic mass is 10.3. The molecule has 0 atom stereocenters. The highest BCUT2D eigenvalue weighted by molar-refractivity contribution is 7.11. The molecule has 0 aliphatic rings. The first-order valence-electron chi connectivity index (χ1n) is 5.42. The third kappa shape index (κ3) is 3.15. The Kier molecular flexibility index (Phi) is 3.70. The lowest BCUT2D eigenvalue weighted by Crippen LogP contribution is -2.12.